The van der Waals surface area contributed by atoms with Crippen molar-refractivity contribution < 1.29 is 28.6 Å². The molecule has 0 aliphatic heterocycles. The highest BCUT2D eigenvalue weighted by molar-refractivity contribution is 6.63. The Labute approximate surface area is 289 Å². The first kappa shape index (κ1) is 36.7. The Kier molecular flexibility index (Phi) is 12.6. The number of amides is 2. The van der Waals surface area contributed by atoms with E-state index < -0.39 is 11.3 Å². The fourth-order valence-corrected chi connectivity index (χ4v) is 4.70. The SMILES string of the molecule is COCC(=O)Cc1nccc(Oc2ccc(NC(=O)Nc3cc(C(C)(C)C)nn3-c3ccc(C)cc3)c3ccccc23)n1.COCC(=O)Cl. The lowest BCUT2D eigenvalue weighted by Gasteiger charge is -2.14. The Balaban J connectivity index is 0.000000827. The van der Waals surface area contributed by atoms with Gasteiger partial charge in [-0.05, 0) is 42.8 Å². The van der Waals surface area contributed by atoms with Gasteiger partial charge < -0.3 is 19.5 Å². The van der Waals surface area contributed by atoms with Crippen molar-refractivity contribution in [3.63, 3.8) is 0 Å². The summed E-state index contributed by atoms with van der Waals surface area (Å²) in [6.07, 6.45) is 1.59. The van der Waals surface area contributed by atoms with Crippen LogP contribution in [-0.2, 0) is 30.9 Å². The molecule has 5 aromatic rings. The number of carbonyl (C=O) groups excluding carboxylic acids is 3. The Hall–Kier alpha value is -5.17. The Morgan fingerprint density at radius 2 is 1.57 bits per heavy atom. The van der Waals surface area contributed by atoms with Crippen molar-refractivity contribution in [3.8, 4) is 17.3 Å². The minimum Gasteiger partial charge on any atom is -0.438 e. The van der Waals surface area contributed by atoms with E-state index in [0.29, 0.717) is 29.0 Å². The number of nitrogens with one attached hydrogen (secondary N) is 2. The van der Waals surface area contributed by atoms with Crippen LogP contribution in [0.3, 0.4) is 0 Å². The number of fused-ring (bicyclic) bond motifs is 1. The van der Waals surface area contributed by atoms with E-state index in [0.717, 1.165) is 27.7 Å². The fourth-order valence-electron chi connectivity index (χ4n) is 4.60. The zero-order valence-electron chi connectivity index (χ0n) is 28.2. The van der Waals surface area contributed by atoms with E-state index in [9.17, 15) is 14.4 Å². The van der Waals surface area contributed by atoms with E-state index in [1.54, 1.807) is 29.1 Å². The van der Waals surface area contributed by atoms with Gasteiger partial charge in [-0.3, -0.25) is 14.9 Å². The Bertz CT molecular complexity index is 1920. The second kappa shape index (κ2) is 16.8. The van der Waals surface area contributed by atoms with Crippen LogP contribution in [0.1, 0.15) is 37.9 Å². The third-order valence-electron chi connectivity index (χ3n) is 6.94. The number of aryl methyl sites for hydroxylation is 1. The number of methoxy groups -OCH3 is 2. The molecule has 2 aromatic heterocycles. The lowest BCUT2D eigenvalue weighted by atomic mass is 9.92. The molecular weight excluding hydrogens is 648 g/mol. The van der Waals surface area contributed by atoms with Gasteiger partial charge >= 0.3 is 6.03 Å². The Morgan fingerprint density at radius 1 is 0.878 bits per heavy atom. The van der Waals surface area contributed by atoms with E-state index in [2.05, 4.69) is 46.1 Å². The molecule has 0 saturated carbocycles. The number of halogens is 1. The summed E-state index contributed by atoms with van der Waals surface area (Å²) in [5, 5.41) is 11.9. The number of rotatable bonds is 11. The van der Waals surface area contributed by atoms with Crippen LogP contribution < -0.4 is 15.4 Å². The summed E-state index contributed by atoms with van der Waals surface area (Å²) in [6, 6.07) is 22.2. The molecule has 0 radical (unpaired) electrons. The molecule has 0 unspecified atom stereocenters. The number of carbonyl (C=O) groups is 3. The third kappa shape index (κ3) is 10.4. The van der Waals surface area contributed by atoms with Gasteiger partial charge in [0.1, 0.15) is 30.6 Å². The minimum absolute atomic E-state index is 0.00154. The summed E-state index contributed by atoms with van der Waals surface area (Å²) >= 11 is 4.81. The number of ketones is 1. The van der Waals surface area contributed by atoms with Crippen LogP contribution in [0.4, 0.5) is 16.3 Å². The van der Waals surface area contributed by atoms with Gasteiger partial charge in [-0.15, -0.1) is 0 Å². The van der Waals surface area contributed by atoms with E-state index in [4.69, 9.17) is 26.2 Å². The molecule has 3 aromatic carbocycles. The summed E-state index contributed by atoms with van der Waals surface area (Å²) in [6.45, 7) is 8.26. The number of hydrogen-bond acceptors (Lipinski definition) is 9. The topological polar surface area (TPSA) is 147 Å². The largest absolute Gasteiger partial charge is 0.438 e. The van der Waals surface area contributed by atoms with Gasteiger partial charge in [0.15, 0.2) is 5.78 Å². The molecule has 2 amide bonds. The molecule has 2 N–H and O–H groups in total. The van der Waals surface area contributed by atoms with Crippen LogP contribution in [-0.4, -0.2) is 64.2 Å². The van der Waals surface area contributed by atoms with Gasteiger partial charge in [0.25, 0.3) is 0 Å². The molecule has 0 fully saturated rings. The maximum absolute atomic E-state index is 13.3. The predicted octanol–water partition coefficient (Wildman–Crippen LogP) is 7.01. The number of ether oxygens (including phenoxy) is 3. The normalized spacial score (nSPS) is 11.0. The zero-order valence-corrected chi connectivity index (χ0v) is 29.0. The van der Waals surface area contributed by atoms with Gasteiger partial charge in [0.2, 0.25) is 11.1 Å². The molecule has 5 rings (SSSR count). The van der Waals surface area contributed by atoms with Crippen molar-refractivity contribution in [3.05, 3.63) is 96.1 Å². The minimum atomic E-state index is -0.461. The predicted molar refractivity (Wildman–Crippen MR) is 189 cm³/mol. The van der Waals surface area contributed by atoms with Crippen LogP contribution in [0.15, 0.2) is 79.0 Å². The van der Waals surface area contributed by atoms with Crippen molar-refractivity contribution in [2.75, 3.05) is 38.1 Å². The summed E-state index contributed by atoms with van der Waals surface area (Å²) in [4.78, 5) is 43.5. The van der Waals surface area contributed by atoms with Crippen molar-refractivity contribution in [1.29, 1.82) is 0 Å². The summed E-state index contributed by atoms with van der Waals surface area (Å²) in [7, 11) is 2.88. The Morgan fingerprint density at radius 3 is 2.20 bits per heavy atom. The summed E-state index contributed by atoms with van der Waals surface area (Å²) in [5.41, 5.74) is 3.23. The van der Waals surface area contributed by atoms with Crippen LogP contribution in [0, 0.1) is 6.92 Å². The first-order valence-corrected chi connectivity index (χ1v) is 15.7. The molecule has 0 saturated heterocycles. The second-order valence-electron chi connectivity index (χ2n) is 12.0. The summed E-state index contributed by atoms with van der Waals surface area (Å²) in [5.74, 6) is 1.62. The molecule has 0 bridgehead atoms. The number of urea groups is 1. The van der Waals surface area contributed by atoms with E-state index in [-0.39, 0.29) is 30.8 Å². The first-order valence-electron chi connectivity index (χ1n) is 15.3. The zero-order chi connectivity index (χ0) is 35.6. The molecule has 13 heteroatoms. The lowest BCUT2D eigenvalue weighted by Crippen LogP contribution is -2.21. The van der Waals surface area contributed by atoms with Crippen LogP contribution in [0.2, 0.25) is 0 Å². The molecule has 0 aliphatic carbocycles. The molecule has 0 atom stereocenters. The molecular formula is C36H39ClN6O6. The number of nitrogens with zero attached hydrogens (tertiary/aromatic N) is 4. The quantitative estimate of drug-likeness (QED) is 0.140. The highest BCUT2D eigenvalue weighted by atomic mass is 35.5. The van der Waals surface area contributed by atoms with Crippen LogP contribution in [0.25, 0.3) is 16.5 Å². The standard InChI is InChI=1S/C33H34N6O4.C3H5ClO2/c1-21-10-12-22(13-11-21)39-30(19-28(38-39)33(2,3)4)37-32(41)35-26-14-15-27(25-9-7-6-8-24(25)26)43-31-16-17-34-29(36-31)18-23(40)20-42-5;1-6-2-3(4)5/h6-17,19H,18,20H2,1-5H3,(H2,35,37,41);2H2,1H3. The number of benzene rings is 3. The molecule has 12 nitrogen and oxygen atoms in total. The van der Waals surface area contributed by atoms with Crippen LogP contribution in [0.5, 0.6) is 11.6 Å². The fraction of sp³-hybridized carbons (Fsp3) is 0.278. The van der Waals surface area contributed by atoms with E-state index in [1.165, 1.54) is 14.2 Å². The first-order chi connectivity index (χ1) is 23.4. The van der Waals surface area contributed by atoms with Crippen molar-refractivity contribution in [2.24, 2.45) is 0 Å². The number of Topliss-reactive ketones (excluding diaryl/α,β-unsaturated/α-hetero) is 1. The molecule has 49 heavy (non-hydrogen) atoms. The van der Waals surface area contributed by atoms with Gasteiger partial charge in [0.05, 0.1) is 23.5 Å². The van der Waals surface area contributed by atoms with Gasteiger partial charge in [-0.25, -0.2) is 14.5 Å². The monoisotopic (exact) mass is 686 g/mol. The number of hydrogen-bond donors (Lipinski definition) is 2. The average molecular weight is 687 g/mol. The second-order valence-corrected chi connectivity index (χ2v) is 12.4. The smallest absolute Gasteiger partial charge is 0.324 e. The van der Waals surface area contributed by atoms with E-state index in [1.807, 2.05) is 61.5 Å². The highest BCUT2D eigenvalue weighted by Gasteiger charge is 2.22. The summed E-state index contributed by atoms with van der Waals surface area (Å²) < 4.78 is 17.1. The maximum atomic E-state index is 13.3. The van der Waals surface area contributed by atoms with E-state index >= 15 is 0 Å². The lowest BCUT2D eigenvalue weighted by molar-refractivity contribution is -0.122. The maximum Gasteiger partial charge on any atom is 0.324 e. The van der Waals surface area contributed by atoms with Crippen LogP contribution >= 0.6 is 11.6 Å². The molecule has 0 spiro atoms. The van der Waals surface area contributed by atoms with Crippen molar-refractivity contribution in [1.82, 2.24) is 19.7 Å². The van der Waals surface area contributed by atoms with Crippen molar-refractivity contribution in [2.45, 2.75) is 39.5 Å². The highest BCUT2D eigenvalue weighted by Crippen LogP contribution is 2.34. The third-order valence-corrected chi connectivity index (χ3v) is 7.05. The van der Waals surface area contributed by atoms with Gasteiger partial charge in [0, 0.05) is 48.7 Å². The average Bonchev–Trinajstić information content (AvgIpc) is 3.47. The van der Waals surface area contributed by atoms with Gasteiger partial charge in [-0.1, -0.05) is 62.7 Å². The number of anilines is 2. The van der Waals surface area contributed by atoms with Crippen molar-refractivity contribution >= 4 is 50.9 Å². The van der Waals surface area contributed by atoms with Gasteiger partial charge in [-0.2, -0.15) is 10.1 Å². The molecule has 0 aliphatic rings. The molecule has 2 heterocycles. The number of aromatic nitrogens is 4. The molecule has 256 valence electrons.